The van der Waals surface area contributed by atoms with Crippen LogP contribution in [0.2, 0.25) is 0 Å². The number of rotatable bonds is 6. The smallest absolute Gasteiger partial charge is 0.147 e. The second-order valence-corrected chi connectivity index (χ2v) is 6.31. The second kappa shape index (κ2) is 7.13. The molecular weight excluding hydrogens is 288 g/mol. The summed E-state index contributed by atoms with van der Waals surface area (Å²) in [5.41, 5.74) is 2.90. The molecule has 1 aromatic heterocycles. The van der Waals surface area contributed by atoms with E-state index in [1.54, 1.807) is 7.11 Å². The van der Waals surface area contributed by atoms with Gasteiger partial charge in [-0.05, 0) is 69.3 Å². The molecule has 0 saturated heterocycles. The van der Waals surface area contributed by atoms with E-state index in [1.807, 2.05) is 18.5 Å². The van der Waals surface area contributed by atoms with Crippen molar-refractivity contribution in [1.29, 1.82) is 0 Å². The molecule has 5 heteroatoms. The molecule has 0 amide bonds. The fourth-order valence-electron chi connectivity index (χ4n) is 3.34. The average molecular weight is 314 g/mol. The van der Waals surface area contributed by atoms with Gasteiger partial charge in [-0.3, -0.25) is 4.68 Å². The third-order valence-electron chi connectivity index (χ3n) is 4.58. The van der Waals surface area contributed by atoms with Crippen LogP contribution in [-0.2, 0) is 19.4 Å². The van der Waals surface area contributed by atoms with E-state index in [4.69, 9.17) is 4.74 Å². The van der Waals surface area contributed by atoms with E-state index in [0.29, 0.717) is 6.04 Å². The first-order valence-electron chi connectivity index (χ1n) is 8.43. The fourth-order valence-corrected chi connectivity index (χ4v) is 3.34. The molecule has 1 aliphatic rings. The molecule has 1 atom stereocenters. The highest BCUT2D eigenvalue weighted by molar-refractivity contribution is 5.37. The Labute approximate surface area is 138 Å². The lowest BCUT2D eigenvalue weighted by Gasteiger charge is -2.26. The number of ether oxygens (including phenoxy) is 1. The zero-order chi connectivity index (χ0) is 16.2. The van der Waals surface area contributed by atoms with Gasteiger partial charge in [0.2, 0.25) is 0 Å². The number of aromatic nitrogens is 3. The number of aryl methyl sites for hydroxylation is 4. The van der Waals surface area contributed by atoms with E-state index < -0.39 is 0 Å². The van der Waals surface area contributed by atoms with Gasteiger partial charge < -0.3 is 10.1 Å². The maximum atomic E-state index is 5.34. The van der Waals surface area contributed by atoms with Gasteiger partial charge in [-0.15, -0.1) is 0 Å². The fraction of sp³-hybridized carbons (Fsp3) is 0.556. The molecule has 1 aliphatic carbocycles. The molecule has 5 nitrogen and oxygen atoms in total. The molecule has 0 radical (unpaired) electrons. The third kappa shape index (κ3) is 3.91. The summed E-state index contributed by atoms with van der Waals surface area (Å²) in [5.74, 6) is 2.82. The molecular formula is C18H26N4O. The average Bonchev–Trinajstić information content (AvgIpc) is 2.88. The maximum Gasteiger partial charge on any atom is 0.147 e. The van der Waals surface area contributed by atoms with Crippen LogP contribution in [0.5, 0.6) is 5.75 Å². The quantitative estimate of drug-likeness (QED) is 0.832. The van der Waals surface area contributed by atoms with E-state index in [-0.39, 0.29) is 0 Å². The summed E-state index contributed by atoms with van der Waals surface area (Å²) in [6.45, 7) is 5.90. The van der Waals surface area contributed by atoms with Crippen LogP contribution >= 0.6 is 0 Å². The molecule has 1 N–H and O–H groups in total. The predicted octanol–water partition coefficient (Wildman–Crippen LogP) is 2.44. The Bertz CT molecular complexity index is 665. The van der Waals surface area contributed by atoms with E-state index in [1.165, 1.54) is 17.5 Å². The summed E-state index contributed by atoms with van der Waals surface area (Å²) < 4.78 is 7.34. The van der Waals surface area contributed by atoms with Crippen molar-refractivity contribution in [2.75, 3.05) is 13.7 Å². The van der Waals surface area contributed by atoms with E-state index >= 15 is 0 Å². The summed E-state index contributed by atoms with van der Waals surface area (Å²) in [6.07, 6.45) is 4.53. The molecule has 0 bridgehead atoms. The Morgan fingerprint density at radius 2 is 2.17 bits per heavy atom. The van der Waals surface area contributed by atoms with Crippen molar-refractivity contribution < 1.29 is 4.74 Å². The van der Waals surface area contributed by atoms with Crippen LogP contribution in [0.1, 0.15) is 35.6 Å². The summed E-state index contributed by atoms with van der Waals surface area (Å²) in [5, 5.41) is 8.10. The van der Waals surface area contributed by atoms with Crippen LogP contribution < -0.4 is 10.1 Å². The molecule has 1 aromatic carbocycles. The highest BCUT2D eigenvalue weighted by Gasteiger charge is 2.18. The first-order valence-corrected chi connectivity index (χ1v) is 8.43. The molecule has 23 heavy (non-hydrogen) atoms. The largest absolute Gasteiger partial charge is 0.497 e. The molecule has 0 saturated carbocycles. The van der Waals surface area contributed by atoms with Crippen LogP contribution in [0.15, 0.2) is 18.2 Å². The van der Waals surface area contributed by atoms with Gasteiger partial charge in [-0.2, -0.15) is 5.10 Å². The molecule has 1 heterocycles. The molecule has 0 spiro atoms. The van der Waals surface area contributed by atoms with Crippen LogP contribution in [0, 0.1) is 13.8 Å². The van der Waals surface area contributed by atoms with E-state index in [0.717, 1.165) is 49.8 Å². The lowest BCUT2D eigenvalue weighted by atomic mass is 9.88. The maximum absolute atomic E-state index is 5.34. The van der Waals surface area contributed by atoms with Crippen LogP contribution in [0.3, 0.4) is 0 Å². The zero-order valence-corrected chi connectivity index (χ0v) is 14.3. The van der Waals surface area contributed by atoms with Crippen molar-refractivity contribution in [1.82, 2.24) is 20.1 Å². The summed E-state index contributed by atoms with van der Waals surface area (Å²) in [6, 6.07) is 7.02. The molecule has 0 aliphatic heterocycles. The normalized spacial score (nSPS) is 17.1. The van der Waals surface area contributed by atoms with Crippen molar-refractivity contribution in [3.8, 4) is 5.75 Å². The van der Waals surface area contributed by atoms with Crippen molar-refractivity contribution >= 4 is 0 Å². The zero-order valence-electron chi connectivity index (χ0n) is 14.3. The standard InChI is InChI=1S/C18H26N4O/c1-13-20-14(2)22(21-13)10-4-9-19-17-7-5-15-6-8-18(23-3)12-16(15)11-17/h6,8,12,17,19H,4-5,7,9-11H2,1-3H3/t17-/m0/s1. The molecule has 3 rings (SSSR count). The Balaban J connectivity index is 1.47. The highest BCUT2D eigenvalue weighted by atomic mass is 16.5. The van der Waals surface area contributed by atoms with Gasteiger partial charge in [0, 0.05) is 12.6 Å². The van der Waals surface area contributed by atoms with Gasteiger partial charge in [0.25, 0.3) is 0 Å². The molecule has 0 fully saturated rings. The van der Waals surface area contributed by atoms with Crippen molar-refractivity contribution in [2.45, 2.75) is 52.1 Å². The minimum absolute atomic E-state index is 0.563. The lowest BCUT2D eigenvalue weighted by Crippen LogP contribution is -2.35. The van der Waals surface area contributed by atoms with Gasteiger partial charge in [0.1, 0.15) is 17.4 Å². The topological polar surface area (TPSA) is 52.0 Å². The number of hydrogen-bond acceptors (Lipinski definition) is 4. The van der Waals surface area contributed by atoms with Crippen molar-refractivity contribution in [2.24, 2.45) is 0 Å². The lowest BCUT2D eigenvalue weighted by molar-refractivity contribution is 0.409. The molecule has 0 unspecified atom stereocenters. The minimum Gasteiger partial charge on any atom is -0.497 e. The van der Waals surface area contributed by atoms with Crippen LogP contribution in [-0.4, -0.2) is 34.5 Å². The Morgan fingerprint density at radius 1 is 1.30 bits per heavy atom. The molecule has 124 valence electrons. The van der Waals surface area contributed by atoms with Crippen molar-refractivity contribution in [3.05, 3.63) is 41.0 Å². The number of fused-ring (bicyclic) bond motifs is 1. The van der Waals surface area contributed by atoms with Gasteiger partial charge >= 0.3 is 0 Å². The van der Waals surface area contributed by atoms with Gasteiger partial charge in [0.15, 0.2) is 0 Å². The Morgan fingerprint density at radius 3 is 2.91 bits per heavy atom. The number of nitrogens with one attached hydrogen (secondary N) is 1. The first-order chi connectivity index (χ1) is 11.2. The monoisotopic (exact) mass is 314 g/mol. The summed E-state index contributed by atoms with van der Waals surface area (Å²) in [7, 11) is 1.73. The van der Waals surface area contributed by atoms with E-state index in [2.05, 4.69) is 33.6 Å². The number of nitrogens with zero attached hydrogens (tertiary/aromatic N) is 3. The number of benzene rings is 1. The van der Waals surface area contributed by atoms with Gasteiger partial charge in [-0.1, -0.05) is 6.07 Å². The van der Waals surface area contributed by atoms with Crippen molar-refractivity contribution in [3.63, 3.8) is 0 Å². The Kier molecular flexibility index (Phi) is 4.96. The number of methoxy groups -OCH3 is 1. The third-order valence-corrected chi connectivity index (χ3v) is 4.58. The number of hydrogen-bond donors (Lipinski definition) is 1. The summed E-state index contributed by atoms with van der Waals surface area (Å²) >= 11 is 0. The Hall–Kier alpha value is -1.88. The summed E-state index contributed by atoms with van der Waals surface area (Å²) in [4.78, 5) is 4.34. The molecule has 2 aromatic rings. The first kappa shape index (κ1) is 16.0. The van der Waals surface area contributed by atoms with Gasteiger partial charge in [-0.25, -0.2) is 4.98 Å². The van der Waals surface area contributed by atoms with Gasteiger partial charge in [0.05, 0.1) is 7.11 Å². The SMILES string of the molecule is COc1ccc2c(c1)C[C@@H](NCCCn1nc(C)nc1C)CC2. The van der Waals surface area contributed by atoms with E-state index in [9.17, 15) is 0 Å². The minimum atomic E-state index is 0.563. The van der Waals surface area contributed by atoms with Crippen LogP contribution in [0.4, 0.5) is 0 Å². The predicted molar refractivity (Wildman–Crippen MR) is 90.9 cm³/mol. The second-order valence-electron chi connectivity index (χ2n) is 6.31. The van der Waals surface area contributed by atoms with Crippen LogP contribution in [0.25, 0.3) is 0 Å². The highest BCUT2D eigenvalue weighted by Crippen LogP contribution is 2.25.